The largest absolute Gasteiger partial charge is 0.338 e. The van der Waals surface area contributed by atoms with Gasteiger partial charge in [0.25, 0.3) is 11.6 Å². The lowest BCUT2D eigenvalue weighted by Crippen LogP contribution is -2.38. The van der Waals surface area contributed by atoms with E-state index in [1.807, 2.05) is 0 Å². The molecule has 6 heteroatoms. The Kier molecular flexibility index (Phi) is 3.93. The molecule has 1 aromatic rings. The van der Waals surface area contributed by atoms with Gasteiger partial charge in [0.15, 0.2) is 0 Å². The Bertz CT molecular complexity index is 585. The lowest BCUT2D eigenvalue weighted by Gasteiger charge is -2.26. The quantitative estimate of drug-likeness (QED) is 0.476. The van der Waals surface area contributed by atoms with Gasteiger partial charge in [-0.1, -0.05) is 12.6 Å². The van der Waals surface area contributed by atoms with Crippen LogP contribution in [-0.4, -0.2) is 34.6 Å². The van der Waals surface area contributed by atoms with E-state index in [-0.39, 0.29) is 23.0 Å². The van der Waals surface area contributed by atoms with E-state index in [1.165, 1.54) is 12.1 Å². The second kappa shape index (κ2) is 5.64. The maximum absolute atomic E-state index is 12.2. The lowest BCUT2D eigenvalue weighted by atomic mass is 10.0. The summed E-state index contributed by atoms with van der Waals surface area (Å²) < 4.78 is 0. The molecule has 1 aromatic carbocycles. The van der Waals surface area contributed by atoms with Crippen LogP contribution < -0.4 is 0 Å². The Morgan fingerprint density at radius 3 is 2.65 bits per heavy atom. The number of hydrogen-bond acceptors (Lipinski definition) is 4. The predicted octanol–water partition coefficient (Wildman–Crippen LogP) is 1.60. The van der Waals surface area contributed by atoms with Crippen LogP contribution in [0.1, 0.15) is 18.4 Å². The van der Waals surface area contributed by atoms with Crippen molar-refractivity contribution in [2.45, 2.75) is 12.8 Å². The average Bonchev–Trinajstić information content (AvgIpc) is 2.46. The van der Waals surface area contributed by atoms with Gasteiger partial charge in [0, 0.05) is 37.6 Å². The van der Waals surface area contributed by atoms with Gasteiger partial charge in [0.05, 0.1) is 11.0 Å². The fraction of sp³-hybridized carbons (Fsp3) is 0.286. The van der Waals surface area contributed by atoms with Crippen LogP contribution in [-0.2, 0) is 9.59 Å². The molecule has 1 aliphatic rings. The van der Waals surface area contributed by atoms with Crippen LogP contribution in [0.4, 0.5) is 5.69 Å². The number of benzene rings is 1. The first-order valence-corrected chi connectivity index (χ1v) is 6.15. The van der Waals surface area contributed by atoms with Crippen LogP contribution in [0, 0.1) is 16.2 Å². The van der Waals surface area contributed by atoms with Crippen molar-refractivity contribution < 1.29 is 14.5 Å². The molecule has 0 bridgehead atoms. The first-order valence-electron chi connectivity index (χ1n) is 6.15. The van der Waals surface area contributed by atoms with E-state index in [0.717, 1.165) is 0 Å². The average molecular weight is 273 g/mol. The fourth-order valence-electron chi connectivity index (χ4n) is 2.02. The molecule has 1 amide bonds. The molecule has 0 spiro atoms. The van der Waals surface area contributed by atoms with Crippen LogP contribution in [0.5, 0.6) is 0 Å². The minimum absolute atomic E-state index is 0.143. The maximum Gasteiger partial charge on any atom is 0.278 e. The number of carbonyl (C=O) groups excluding carboxylic acids is 2. The van der Waals surface area contributed by atoms with Crippen LogP contribution in [0.25, 0.3) is 5.57 Å². The van der Waals surface area contributed by atoms with Gasteiger partial charge in [-0.3, -0.25) is 19.7 Å². The van der Waals surface area contributed by atoms with Crippen molar-refractivity contribution in [3.05, 3.63) is 46.5 Å². The summed E-state index contributed by atoms with van der Waals surface area (Å²) in [6.07, 6.45) is 0.698. The molecule has 0 aliphatic carbocycles. The summed E-state index contributed by atoms with van der Waals surface area (Å²) in [7, 11) is 0. The molecule has 0 aromatic heterocycles. The van der Waals surface area contributed by atoms with E-state index in [0.29, 0.717) is 31.5 Å². The van der Waals surface area contributed by atoms with Gasteiger partial charge >= 0.3 is 0 Å². The standard InChI is InChI=1S/C14H13N2O4/c1-10(11-3-2-4-12(9-11)16(19)20)14(18)15-7-5-13(17)6-8-15/h2-3,9H,1,5-8H2. The van der Waals surface area contributed by atoms with Crippen molar-refractivity contribution in [3.63, 3.8) is 0 Å². The van der Waals surface area contributed by atoms with Gasteiger partial charge in [-0.05, 0) is 11.6 Å². The third-order valence-corrected chi connectivity index (χ3v) is 3.20. The second-order valence-corrected chi connectivity index (χ2v) is 4.53. The van der Waals surface area contributed by atoms with E-state index >= 15 is 0 Å². The van der Waals surface area contributed by atoms with Crippen molar-refractivity contribution in [1.29, 1.82) is 0 Å². The second-order valence-electron chi connectivity index (χ2n) is 4.53. The van der Waals surface area contributed by atoms with Gasteiger partial charge in [-0.15, -0.1) is 0 Å². The summed E-state index contributed by atoms with van der Waals surface area (Å²) in [6, 6.07) is 6.70. The molecule has 1 aliphatic heterocycles. The Balaban J connectivity index is 2.14. The van der Waals surface area contributed by atoms with E-state index in [1.54, 1.807) is 11.0 Å². The number of carbonyl (C=O) groups is 2. The van der Waals surface area contributed by atoms with Crippen LogP contribution in [0.3, 0.4) is 0 Å². The number of hydrogen-bond donors (Lipinski definition) is 0. The monoisotopic (exact) mass is 273 g/mol. The van der Waals surface area contributed by atoms with Crippen molar-refractivity contribution in [1.82, 2.24) is 4.90 Å². The van der Waals surface area contributed by atoms with Crippen LogP contribution >= 0.6 is 0 Å². The van der Waals surface area contributed by atoms with E-state index in [2.05, 4.69) is 12.6 Å². The van der Waals surface area contributed by atoms with E-state index in [4.69, 9.17) is 0 Å². The highest BCUT2D eigenvalue weighted by Gasteiger charge is 2.23. The Morgan fingerprint density at radius 1 is 1.40 bits per heavy atom. The minimum atomic E-state index is -0.569. The molecule has 2 rings (SSSR count). The molecule has 0 N–H and O–H groups in total. The number of nitro benzene ring substituents is 1. The third-order valence-electron chi connectivity index (χ3n) is 3.20. The Morgan fingerprint density at radius 2 is 2.05 bits per heavy atom. The zero-order chi connectivity index (χ0) is 14.7. The van der Waals surface area contributed by atoms with Crippen molar-refractivity contribution in [2.24, 2.45) is 0 Å². The highest BCUT2D eigenvalue weighted by atomic mass is 16.6. The molecule has 1 saturated heterocycles. The number of non-ortho nitro benzene ring substituents is 1. The van der Waals surface area contributed by atoms with Gasteiger partial charge in [-0.2, -0.15) is 0 Å². The normalized spacial score (nSPS) is 15.0. The van der Waals surface area contributed by atoms with Gasteiger partial charge in [0.1, 0.15) is 5.78 Å². The van der Waals surface area contributed by atoms with E-state index in [9.17, 15) is 19.7 Å². The van der Waals surface area contributed by atoms with Gasteiger partial charge < -0.3 is 4.90 Å². The van der Waals surface area contributed by atoms with Gasteiger partial charge in [0.2, 0.25) is 0 Å². The first-order chi connectivity index (χ1) is 9.49. The molecule has 0 saturated carbocycles. The molecule has 1 heterocycles. The molecular formula is C14H13N2O4. The summed E-state index contributed by atoms with van der Waals surface area (Å²) >= 11 is 0. The summed E-state index contributed by atoms with van der Waals surface area (Å²) in [5, 5.41) is 10.7. The molecule has 20 heavy (non-hydrogen) atoms. The fourth-order valence-corrected chi connectivity index (χ4v) is 2.02. The van der Waals surface area contributed by atoms with Gasteiger partial charge in [-0.25, -0.2) is 0 Å². The number of nitro groups is 1. The first kappa shape index (κ1) is 13.9. The molecular weight excluding hydrogens is 260 g/mol. The summed E-state index contributed by atoms with van der Waals surface area (Å²) in [6.45, 7) is 4.45. The van der Waals surface area contributed by atoms with Crippen molar-refractivity contribution >= 4 is 23.0 Å². The Labute approximate surface area is 115 Å². The highest BCUT2D eigenvalue weighted by Crippen LogP contribution is 2.21. The molecule has 0 unspecified atom stereocenters. The van der Waals surface area contributed by atoms with E-state index < -0.39 is 4.92 Å². The molecule has 0 atom stereocenters. The smallest absolute Gasteiger partial charge is 0.278 e. The number of ketones is 1. The highest BCUT2D eigenvalue weighted by molar-refractivity contribution is 6.19. The topological polar surface area (TPSA) is 80.5 Å². The number of rotatable bonds is 3. The van der Waals surface area contributed by atoms with Crippen molar-refractivity contribution in [2.75, 3.05) is 13.1 Å². The molecule has 6 nitrogen and oxygen atoms in total. The molecule has 1 radical (unpaired) electrons. The van der Waals surface area contributed by atoms with Crippen LogP contribution in [0.15, 0.2) is 24.8 Å². The molecule has 1 fully saturated rings. The van der Waals surface area contributed by atoms with Crippen molar-refractivity contribution in [3.8, 4) is 0 Å². The zero-order valence-corrected chi connectivity index (χ0v) is 10.8. The Hall–Kier alpha value is -2.50. The summed E-state index contributed by atoms with van der Waals surface area (Å²) in [5.74, 6) is -0.150. The number of nitrogens with zero attached hydrogens (tertiary/aromatic N) is 2. The number of Topliss-reactive ketones (excluding diaryl/α,β-unsaturated/α-hetero) is 1. The summed E-state index contributed by atoms with van der Waals surface area (Å²) in [4.78, 5) is 35.0. The number of amides is 1. The summed E-state index contributed by atoms with van der Waals surface area (Å²) in [5.41, 5.74) is 0.388. The van der Waals surface area contributed by atoms with Crippen LogP contribution in [0.2, 0.25) is 0 Å². The zero-order valence-electron chi connectivity index (χ0n) is 10.8. The molecule has 103 valence electrons. The SMILES string of the molecule is C=C(C(=O)N1CCC(=O)CC1)c1cc[c]c([N+](=O)[O-])c1. The lowest BCUT2D eigenvalue weighted by molar-refractivity contribution is -0.385. The number of piperidine rings is 1. The number of likely N-dealkylation sites (tertiary alicyclic amines) is 1. The maximum atomic E-state index is 12.2. The predicted molar refractivity (Wildman–Crippen MR) is 71.8 cm³/mol. The minimum Gasteiger partial charge on any atom is -0.338 e. The third kappa shape index (κ3) is 2.90.